The van der Waals surface area contributed by atoms with Gasteiger partial charge in [-0.15, -0.1) is 5.73 Å². The summed E-state index contributed by atoms with van der Waals surface area (Å²) in [6, 6.07) is 0. The van der Waals surface area contributed by atoms with Crippen molar-refractivity contribution in [2.45, 2.75) is 25.3 Å². The van der Waals surface area contributed by atoms with E-state index in [4.69, 9.17) is 0 Å². The Hall–Kier alpha value is -2.78. The van der Waals surface area contributed by atoms with Gasteiger partial charge in [0.1, 0.15) is 17.6 Å². The summed E-state index contributed by atoms with van der Waals surface area (Å²) >= 11 is 0.540. The highest BCUT2D eigenvalue weighted by molar-refractivity contribution is 8.05. The summed E-state index contributed by atoms with van der Waals surface area (Å²) in [5.41, 5.74) is 2.63. The number of amides is 1. The van der Waals surface area contributed by atoms with Gasteiger partial charge in [-0.1, -0.05) is 18.3 Å². The maximum atomic E-state index is 13.0. The largest absolute Gasteiger partial charge is 0.429 e. The molecule has 1 amide bonds. The van der Waals surface area contributed by atoms with Crippen LogP contribution >= 0.6 is 11.8 Å². The molecule has 160 valence electrons. The van der Waals surface area contributed by atoms with Gasteiger partial charge in [0.2, 0.25) is 5.91 Å². The highest BCUT2D eigenvalue weighted by Gasteiger charge is 2.34. The van der Waals surface area contributed by atoms with Gasteiger partial charge in [0, 0.05) is 19.7 Å². The number of likely N-dealkylation sites (tertiary alicyclic amines) is 1. The first kappa shape index (κ1) is 21.9. The van der Waals surface area contributed by atoms with Crippen LogP contribution in [0.3, 0.4) is 0 Å². The van der Waals surface area contributed by atoms with Crippen LogP contribution in [0.2, 0.25) is 0 Å². The van der Waals surface area contributed by atoms with E-state index in [9.17, 15) is 27.2 Å². The van der Waals surface area contributed by atoms with E-state index in [1.165, 1.54) is 44.9 Å². The molecule has 2 aliphatic heterocycles. The number of imidazole rings is 1. The zero-order chi connectivity index (χ0) is 22.1. The Morgan fingerprint density at radius 2 is 2.13 bits per heavy atom. The van der Waals surface area contributed by atoms with Crippen LogP contribution in [0.15, 0.2) is 44.1 Å². The highest BCUT2D eigenvalue weighted by atomic mass is 32.2. The Balaban J connectivity index is 1.75. The van der Waals surface area contributed by atoms with Crippen LogP contribution in [0, 0.1) is 0 Å². The number of halogens is 4. The predicted molar refractivity (Wildman–Crippen MR) is 107 cm³/mol. The Bertz CT molecular complexity index is 1050. The average molecular weight is 442 g/mol. The third-order valence-electron chi connectivity index (χ3n) is 4.55. The minimum absolute atomic E-state index is 0.0139. The van der Waals surface area contributed by atoms with Crippen LogP contribution in [0.4, 0.5) is 23.4 Å². The first-order valence-electron chi connectivity index (χ1n) is 8.87. The molecule has 0 spiro atoms. The first-order chi connectivity index (χ1) is 14.1. The lowest BCUT2D eigenvalue weighted by molar-refractivity contribution is -0.138. The van der Waals surface area contributed by atoms with Crippen LogP contribution in [0.1, 0.15) is 12.1 Å². The molecule has 2 aliphatic rings. The van der Waals surface area contributed by atoms with Crippen molar-refractivity contribution >= 4 is 35.8 Å². The lowest BCUT2D eigenvalue weighted by Gasteiger charge is -2.34. The van der Waals surface area contributed by atoms with Crippen molar-refractivity contribution in [3.8, 4) is 0 Å². The number of nitrogens with zero attached hydrogens (tertiary/aromatic N) is 4. The van der Waals surface area contributed by atoms with Crippen LogP contribution in [0.5, 0.6) is 0 Å². The molecule has 0 N–H and O–H groups in total. The minimum Gasteiger partial charge on any atom is -0.335 e. The summed E-state index contributed by atoms with van der Waals surface area (Å²) in [7, 11) is 1.48. The van der Waals surface area contributed by atoms with Crippen molar-refractivity contribution in [1.29, 1.82) is 0 Å². The number of aromatic nitrogens is 2. The monoisotopic (exact) mass is 442 g/mol. The SMILES string of the molecule is C=Cc1c(N=CCC2=CSC(C(F)(F)F)=C=C2)n(C)c(=O)n1CC(=O)N1CC(F)C1. The molecular weight excluding hydrogens is 424 g/mol. The molecule has 0 bridgehead atoms. The van der Waals surface area contributed by atoms with Crippen LogP contribution in [-0.4, -0.2) is 51.6 Å². The standard InChI is InChI=1S/C19H18F4N4O2S/c1-3-14-17(24-7-6-12-4-5-15(30-11-12)19(21,22)23)25(2)18(29)27(14)10-16(28)26-8-13(20)9-26/h3-4,7,11,13H,1,6,8-10H2,2H3. The Morgan fingerprint density at radius 3 is 2.67 bits per heavy atom. The summed E-state index contributed by atoms with van der Waals surface area (Å²) in [6.45, 7) is 3.43. The maximum absolute atomic E-state index is 13.0. The third kappa shape index (κ3) is 4.52. The number of aliphatic imine (C=N–C) groups is 1. The number of rotatable bonds is 6. The molecule has 3 rings (SSSR count). The van der Waals surface area contributed by atoms with E-state index in [1.807, 2.05) is 0 Å². The molecule has 0 saturated carbocycles. The summed E-state index contributed by atoms with van der Waals surface area (Å²) in [5.74, 6) is -0.119. The molecule has 0 radical (unpaired) electrons. The second-order valence-electron chi connectivity index (χ2n) is 6.68. The Kier molecular flexibility index (Phi) is 6.23. The summed E-state index contributed by atoms with van der Waals surface area (Å²) in [5, 5.41) is 1.37. The number of carbonyl (C=O) groups excluding carboxylic acids is 1. The molecule has 1 fully saturated rings. The minimum atomic E-state index is -4.43. The topological polar surface area (TPSA) is 59.6 Å². The molecule has 1 saturated heterocycles. The lowest BCUT2D eigenvalue weighted by atomic mass is 10.2. The summed E-state index contributed by atoms with van der Waals surface area (Å²) in [4.78, 5) is 29.5. The van der Waals surface area contributed by atoms with E-state index in [1.54, 1.807) is 0 Å². The fraction of sp³-hybridized carbons (Fsp3) is 0.368. The molecule has 30 heavy (non-hydrogen) atoms. The van der Waals surface area contributed by atoms with E-state index in [-0.39, 0.29) is 37.8 Å². The second-order valence-corrected chi connectivity index (χ2v) is 7.56. The zero-order valence-corrected chi connectivity index (χ0v) is 16.8. The molecule has 0 aromatic carbocycles. The van der Waals surface area contributed by atoms with Crippen LogP contribution < -0.4 is 5.69 Å². The number of hydrogen-bond acceptors (Lipinski definition) is 4. The fourth-order valence-corrected chi connectivity index (χ4v) is 3.59. The van der Waals surface area contributed by atoms with Crippen molar-refractivity contribution < 1.29 is 22.4 Å². The smallest absolute Gasteiger partial charge is 0.335 e. The Labute approximate surface area is 173 Å². The van der Waals surface area contributed by atoms with Gasteiger partial charge in [-0.2, -0.15) is 13.2 Å². The number of thioether (sulfide) groups is 1. The van der Waals surface area contributed by atoms with Crippen LogP contribution in [-0.2, 0) is 18.4 Å². The number of hydrogen-bond donors (Lipinski definition) is 0. The van der Waals surface area contributed by atoms with Crippen molar-refractivity contribution in [2.24, 2.45) is 12.0 Å². The van der Waals surface area contributed by atoms with Crippen molar-refractivity contribution in [2.75, 3.05) is 13.1 Å². The van der Waals surface area contributed by atoms with E-state index in [2.05, 4.69) is 17.3 Å². The molecule has 0 aliphatic carbocycles. The molecular formula is C19H18F4N4O2S. The van der Waals surface area contributed by atoms with Crippen LogP contribution in [0.25, 0.3) is 6.08 Å². The normalized spacial score (nSPS) is 17.2. The molecule has 0 atom stereocenters. The third-order valence-corrected chi connectivity index (χ3v) is 5.55. The predicted octanol–water partition coefficient (Wildman–Crippen LogP) is 3.33. The lowest BCUT2D eigenvalue weighted by Crippen LogP contribution is -2.53. The van der Waals surface area contributed by atoms with E-state index in [0.717, 1.165) is 0 Å². The first-order valence-corrected chi connectivity index (χ1v) is 9.75. The maximum Gasteiger partial charge on any atom is 0.429 e. The van der Waals surface area contributed by atoms with Gasteiger partial charge in [-0.25, -0.2) is 14.2 Å². The fourth-order valence-electron chi connectivity index (χ4n) is 2.89. The molecule has 11 heteroatoms. The van der Waals surface area contributed by atoms with Gasteiger partial charge in [0.05, 0.1) is 18.8 Å². The molecule has 3 heterocycles. The Morgan fingerprint density at radius 1 is 1.43 bits per heavy atom. The molecule has 6 nitrogen and oxygen atoms in total. The van der Waals surface area contributed by atoms with Gasteiger partial charge in [-0.05, 0) is 23.1 Å². The van der Waals surface area contributed by atoms with Gasteiger partial charge >= 0.3 is 11.9 Å². The highest BCUT2D eigenvalue weighted by Crippen LogP contribution is 2.37. The van der Waals surface area contributed by atoms with Gasteiger partial charge in [0.25, 0.3) is 0 Å². The summed E-state index contributed by atoms with van der Waals surface area (Å²) < 4.78 is 53.2. The number of carbonyl (C=O) groups is 1. The second kappa shape index (κ2) is 8.53. The van der Waals surface area contributed by atoms with E-state index < -0.39 is 22.9 Å². The van der Waals surface area contributed by atoms with Gasteiger partial charge in [-0.3, -0.25) is 13.9 Å². The number of allylic oxidation sites excluding steroid dienone is 2. The molecule has 0 unspecified atom stereocenters. The van der Waals surface area contributed by atoms with Crippen molar-refractivity contribution in [1.82, 2.24) is 14.0 Å². The molecule has 1 aromatic rings. The van der Waals surface area contributed by atoms with E-state index >= 15 is 0 Å². The average Bonchev–Trinajstić information content (AvgIpc) is 2.89. The van der Waals surface area contributed by atoms with Gasteiger partial charge in [0.15, 0.2) is 5.82 Å². The van der Waals surface area contributed by atoms with Gasteiger partial charge < -0.3 is 4.90 Å². The quantitative estimate of drug-likeness (QED) is 0.386. The van der Waals surface area contributed by atoms with Crippen molar-refractivity contribution in [3.05, 3.63) is 50.5 Å². The van der Waals surface area contributed by atoms with Crippen molar-refractivity contribution in [3.63, 3.8) is 0 Å². The van der Waals surface area contributed by atoms with E-state index in [0.29, 0.717) is 23.0 Å². The molecule has 1 aromatic heterocycles. The zero-order valence-electron chi connectivity index (χ0n) is 15.9. The summed E-state index contributed by atoms with van der Waals surface area (Å²) in [6.07, 6.45) is -1.15. The number of alkyl halides is 4.